The number of nitrogens with zero attached hydrogens (tertiary/aromatic N) is 1. The molecule has 0 aliphatic heterocycles. The third kappa shape index (κ3) is 6.22. The van der Waals surface area contributed by atoms with E-state index >= 15 is 0 Å². The first kappa shape index (κ1) is 22.2. The number of alkyl halides is 4. The van der Waals surface area contributed by atoms with E-state index in [4.69, 9.17) is 39.5 Å². The van der Waals surface area contributed by atoms with Gasteiger partial charge in [0.25, 0.3) is 0 Å². The standard InChI is InChI=1S/C18H15Cl3F2N2O3/c1-27-15(13-4-2-3-5-14(13)19)25-17(26)24-10-11-6-8-12(9-7-11)28-18(22,23)16(20)21/h2-9,16H,10H2,1H3,(H,24,26). The van der Waals surface area contributed by atoms with E-state index in [9.17, 15) is 13.6 Å². The number of halogens is 5. The van der Waals surface area contributed by atoms with Gasteiger partial charge in [-0.25, -0.2) is 4.79 Å². The van der Waals surface area contributed by atoms with Crippen LogP contribution in [-0.2, 0) is 11.3 Å². The van der Waals surface area contributed by atoms with Gasteiger partial charge >= 0.3 is 12.1 Å². The van der Waals surface area contributed by atoms with Crippen molar-refractivity contribution in [3.8, 4) is 5.75 Å². The zero-order valence-corrected chi connectivity index (χ0v) is 16.7. The number of carbonyl (C=O) groups is 1. The third-order valence-electron chi connectivity index (χ3n) is 3.38. The predicted octanol–water partition coefficient (Wildman–Crippen LogP) is 5.42. The maximum Gasteiger partial charge on any atom is 0.428 e. The molecule has 0 aromatic heterocycles. The molecule has 0 aliphatic carbocycles. The quantitative estimate of drug-likeness (QED) is 0.362. The van der Waals surface area contributed by atoms with Crippen molar-refractivity contribution in [2.75, 3.05) is 7.11 Å². The molecule has 10 heteroatoms. The van der Waals surface area contributed by atoms with Crippen LogP contribution in [0.2, 0.25) is 5.02 Å². The van der Waals surface area contributed by atoms with Crippen LogP contribution in [0.5, 0.6) is 5.75 Å². The highest BCUT2D eigenvalue weighted by atomic mass is 35.5. The van der Waals surface area contributed by atoms with Crippen LogP contribution < -0.4 is 10.1 Å². The fourth-order valence-electron chi connectivity index (χ4n) is 2.04. The number of ether oxygens (including phenoxy) is 2. The Hall–Kier alpha value is -2.09. The van der Waals surface area contributed by atoms with Gasteiger partial charge in [-0.05, 0) is 29.8 Å². The summed E-state index contributed by atoms with van der Waals surface area (Å²) in [7, 11) is 1.37. The van der Waals surface area contributed by atoms with E-state index in [0.29, 0.717) is 16.1 Å². The lowest BCUT2D eigenvalue weighted by atomic mass is 10.2. The van der Waals surface area contributed by atoms with Crippen molar-refractivity contribution in [3.05, 3.63) is 64.7 Å². The highest BCUT2D eigenvalue weighted by Gasteiger charge is 2.40. The van der Waals surface area contributed by atoms with Gasteiger partial charge in [0, 0.05) is 6.54 Å². The molecule has 0 saturated heterocycles. The normalized spacial score (nSPS) is 12.0. The van der Waals surface area contributed by atoms with Crippen molar-refractivity contribution < 1.29 is 23.0 Å². The number of aliphatic imine (C=N–C) groups is 1. The van der Waals surface area contributed by atoms with Crippen LogP contribution in [-0.4, -0.2) is 30.0 Å². The Morgan fingerprint density at radius 1 is 1.18 bits per heavy atom. The number of methoxy groups -OCH3 is 1. The monoisotopic (exact) mass is 450 g/mol. The lowest BCUT2D eigenvalue weighted by Gasteiger charge is -2.18. The highest BCUT2D eigenvalue weighted by molar-refractivity contribution is 6.44. The molecule has 5 nitrogen and oxygen atoms in total. The molecule has 28 heavy (non-hydrogen) atoms. The van der Waals surface area contributed by atoms with Crippen molar-refractivity contribution in [3.63, 3.8) is 0 Å². The molecule has 0 radical (unpaired) electrons. The Labute approximate surface area is 175 Å². The molecule has 2 rings (SSSR count). The van der Waals surface area contributed by atoms with E-state index in [0.717, 1.165) is 0 Å². The largest absolute Gasteiger partial charge is 0.480 e. The maximum atomic E-state index is 13.3. The molecule has 150 valence electrons. The molecule has 0 aliphatic rings. The van der Waals surface area contributed by atoms with Crippen LogP contribution in [0.15, 0.2) is 53.5 Å². The summed E-state index contributed by atoms with van der Waals surface area (Å²) in [6.45, 7) is 0.103. The zero-order chi connectivity index (χ0) is 20.7. The maximum absolute atomic E-state index is 13.3. The van der Waals surface area contributed by atoms with E-state index < -0.39 is 17.0 Å². The van der Waals surface area contributed by atoms with Gasteiger partial charge in [-0.3, -0.25) is 0 Å². The Balaban J connectivity index is 1.98. The number of benzene rings is 2. The van der Waals surface area contributed by atoms with Crippen LogP contribution in [0, 0.1) is 0 Å². The first-order chi connectivity index (χ1) is 13.2. The van der Waals surface area contributed by atoms with Crippen molar-refractivity contribution in [2.24, 2.45) is 4.99 Å². The number of nitrogens with one attached hydrogen (secondary N) is 1. The molecule has 0 bridgehead atoms. The molecule has 2 aromatic rings. The second-order valence-corrected chi connectivity index (χ2v) is 6.87. The number of carbonyl (C=O) groups excluding carboxylic acids is 1. The number of urea groups is 1. The van der Waals surface area contributed by atoms with Gasteiger partial charge in [-0.2, -0.15) is 13.8 Å². The van der Waals surface area contributed by atoms with Crippen LogP contribution >= 0.6 is 34.8 Å². The summed E-state index contributed by atoms with van der Waals surface area (Å²) in [5.41, 5.74) is 1.10. The number of hydrogen-bond acceptors (Lipinski definition) is 3. The minimum absolute atomic E-state index is 0.0609. The van der Waals surface area contributed by atoms with Gasteiger partial charge in [-0.1, -0.05) is 59.1 Å². The summed E-state index contributed by atoms with van der Waals surface area (Å²) in [6, 6.07) is 11.7. The summed E-state index contributed by atoms with van der Waals surface area (Å²) in [5, 5.41) is 2.95. The topological polar surface area (TPSA) is 59.9 Å². The molecule has 1 N–H and O–H groups in total. The van der Waals surface area contributed by atoms with E-state index in [1.165, 1.54) is 31.4 Å². The molecular weight excluding hydrogens is 437 g/mol. The minimum Gasteiger partial charge on any atom is -0.480 e. The van der Waals surface area contributed by atoms with E-state index in [2.05, 4.69) is 15.0 Å². The van der Waals surface area contributed by atoms with Gasteiger partial charge in [0.15, 0.2) is 0 Å². The number of amides is 2. The molecule has 2 amide bonds. The van der Waals surface area contributed by atoms with E-state index in [1.54, 1.807) is 24.3 Å². The van der Waals surface area contributed by atoms with Gasteiger partial charge in [0.05, 0.1) is 17.7 Å². The SMILES string of the molecule is COC(=NC(=O)NCc1ccc(OC(F)(F)C(Cl)Cl)cc1)c1ccccc1Cl. The highest BCUT2D eigenvalue weighted by Crippen LogP contribution is 2.30. The van der Waals surface area contributed by atoms with Gasteiger partial charge in [0.2, 0.25) is 10.7 Å². The second kappa shape index (κ2) is 9.91. The average Bonchev–Trinajstić information content (AvgIpc) is 2.66. The summed E-state index contributed by atoms with van der Waals surface area (Å²) in [6.07, 6.45) is -3.72. The Morgan fingerprint density at radius 3 is 2.39 bits per heavy atom. The summed E-state index contributed by atoms with van der Waals surface area (Å²) in [4.78, 5) is 13.9. The summed E-state index contributed by atoms with van der Waals surface area (Å²) >= 11 is 16.4. The molecule has 0 spiro atoms. The van der Waals surface area contributed by atoms with E-state index in [-0.39, 0.29) is 18.2 Å². The van der Waals surface area contributed by atoms with E-state index in [1.807, 2.05) is 0 Å². The van der Waals surface area contributed by atoms with Crippen LogP contribution in [0.1, 0.15) is 11.1 Å². The predicted molar refractivity (Wildman–Crippen MR) is 105 cm³/mol. The zero-order valence-electron chi connectivity index (χ0n) is 14.5. The lowest BCUT2D eigenvalue weighted by Crippen LogP contribution is -2.32. The molecule has 0 saturated carbocycles. The Bertz CT molecular complexity index is 846. The van der Waals surface area contributed by atoms with Crippen molar-refractivity contribution in [1.82, 2.24) is 5.32 Å². The summed E-state index contributed by atoms with van der Waals surface area (Å²) < 4.78 is 36.2. The van der Waals surface area contributed by atoms with Crippen molar-refractivity contribution >= 4 is 46.7 Å². The third-order valence-corrected chi connectivity index (χ3v) is 4.21. The lowest BCUT2D eigenvalue weighted by molar-refractivity contribution is -0.163. The van der Waals surface area contributed by atoms with Gasteiger partial charge < -0.3 is 14.8 Å². The molecule has 2 aromatic carbocycles. The molecule has 0 unspecified atom stereocenters. The number of hydrogen-bond donors (Lipinski definition) is 1. The smallest absolute Gasteiger partial charge is 0.428 e. The second-order valence-electron chi connectivity index (χ2n) is 5.37. The van der Waals surface area contributed by atoms with Crippen LogP contribution in [0.3, 0.4) is 0 Å². The van der Waals surface area contributed by atoms with Gasteiger partial charge in [-0.15, -0.1) is 0 Å². The Kier molecular flexibility index (Phi) is 7.86. The minimum atomic E-state index is -3.72. The van der Waals surface area contributed by atoms with Crippen LogP contribution in [0.4, 0.5) is 13.6 Å². The van der Waals surface area contributed by atoms with Crippen molar-refractivity contribution in [2.45, 2.75) is 17.5 Å². The molecule has 0 fully saturated rings. The fourth-order valence-corrected chi connectivity index (χ4v) is 2.34. The first-order valence-corrected chi connectivity index (χ1v) is 9.07. The summed E-state index contributed by atoms with van der Waals surface area (Å²) in [5.74, 6) is -0.0597. The first-order valence-electron chi connectivity index (χ1n) is 7.82. The molecular formula is C18H15Cl3F2N2O3. The van der Waals surface area contributed by atoms with Crippen molar-refractivity contribution in [1.29, 1.82) is 0 Å². The van der Waals surface area contributed by atoms with Crippen LogP contribution in [0.25, 0.3) is 0 Å². The Morgan fingerprint density at radius 2 is 1.82 bits per heavy atom. The van der Waals surface area contributed by atoms with Gasteiger partial charge in [0.1, 0.15) is 5.75 Å². The number of rotatable bonds is 6. The molecule has 0 heterocycles. The molecule has 0 atom stereocenters. The fraction of sp³-hybridized carbons (Fsp3) is 0.222. The average molecular weight is 452 g/mol.